The fourth-order valence-electron chi connectivity index (χ4n) is 1.19. The number of halogens is 1. The number of pyridine rings is 1. The lowest BCUT2D eigenvalue weighted by atomic mass is 10.1. The quantitative estimate of drug-likeness (QED) is 0.684. The second-order valence-corrected chi connectivity index (χ2v) is 3.32. The predicted molar refractivity (Wildman–Crippen MR) is 54.9 cm³/mol. The molecule has 0 saturated heterocycles. The molecule has 82 valence electrons. The third-order valence-electron chi connectivity index (χ3n) is 1.87. The topological polar surface area (TPSA) is 82.5 Å². The number of hydrogen-bond donors (Lipinski definition) is 3. The first kappa shape index (κ1) is 11.7. The Kier molecular flexibility index (Phi) is 4.33. The van der Waals surface area contributed by atoms with Crippen LogP contribution < -0.4 is 5.32 Å². The Morgan fingerprint density at radius 3 is 2.80 bits per heavy atom. The molecular formula is C9H11ClN2O3. The van der Waals surface area contributed by atoms with Gasteiger partial charge >= 0.3 is 6.09 Å². The Balaban J connectivity index is 2.78. The number of nitrogens with zero attached hydrogens (tertiary/aromatic N) is 1. The Bertz CT molecular complexity index is 329. The van der Waals surface area contributed by atoms with E-state index < -0.39 is 12.1 Å². The molecule has 0 aliphatic rings. The first-order valence-electron chi connectivity index (χ1n) is 4.35. The lowest BCUT2D eigenvalue weighted by Crippen LogP contribution is -2.27. The van der Waals surface area contributed by atoms with Crippen molar-refractivity contribution >= 4 is 17.7 Å². The van der Waals surface area contributed by atoms with Crippen LogP contribution in [0.25, 0.3) is 0 Å². The van der Waals surface area contributed by atoms with Crippen LogP contribution in [0, 0.1) is 0 Å². The van der Waals surface area contributed by atoms with Crippen LogP contribution in [0.15, 0.2) is 18.3 Å². The van der Waals surface area contributed by atoms with E-state index in [1.54, 1.807) is 12.1 Å². The van der Waals surface area contributed by atoms with Crippen LogP contribution >= 0.6 is 11.6 Å². The monoisotopic (exact) mass is 230 g/mol. The van der Waals surface area contributed by atoms with Gasteiger partial charge in [0, 0.05) is 12.8 Å². The smallest absolute Gasteiger partial charge is 0.405 e. The zero-order valence-electron chi connectivity index (χ0n) is 7.85. The summed E-state index contributed by atoms with van der Waals surface area (Å²) in [7, 11) is 0. The highest BCUT2D eigenvalue weighted by Crippen LogP contribution is 2.16. The molecule has 0 spiro atoms. The molecule has 1 unspecified atom stereocenters. The minimum Gasteiger partial charge on any atom is -0.465 e. The molecule has 1 heterocycles. The Labute approximate surface area is 91.7 Å². The number of carbonyl (C=O) groups is 1. The third kappa shape index (κ3) is 3.73. The molecule has 5 nitrogen and oxygen atoms in total. The maximum absolute atomic E-state index is 10.5. The summed E-state index contributed by atoms with van der Waals surface area (Å²) in [5.74, 6) is 0. The molecule has 1 atom stereocenters. The van der Waals surface area contributed by atoms with Gasteiger partial charge in [0.15, 0.2) is 0 Å². The van der Waals surface area contributed by atoms with Gasteiger partial charge in [-0.3, -0.25) is 0 Å². The predicted octanol–water partition coefficient (Wildman–Crippen LogP) is 1.43. The second-order valence-electron chi connectivity index (χ2n) is 2.93. The van der Waals surface area contributed by atoms with Crippen molar-refractivity contribution in [1.82, 2.24) is 10.3 Å². The molecule has 0 aliphatic heterocycles. The highest BCUT2D eigenvalue weighted by molar-refractivity contribution is 6.29. The van der Waals surface area contributed by atoms with Crippen molar-refractivity contribution in [2.24, 2.45) is 0 Å². The lowest BCUT2D eigenvalue weighted by molar-refractivity contribution is 0.185. The van der Waals surface area contributed by atoms with Crippen LogP contribution in [0.5, 0.6) is 0 Å². The molecule has 0 radical (unpaired) electrons. The van der Waals surface area contributed by atoms with Crippen molar-refractivity contribution in [3.05, 3.63) is 29.0 Å². The highest BCUT2D eigenvalue weighted by Gasteiger charge is 2.13. The highest BCUT2D eigenvalue weighted by atomic mass is 35.5. The molecule has 1 aromatic rings. The Hall–Kier alpha value is -1.33. The van der Waals surface area contributed by atoms with Gasteiger partial charge in [0.05, 0.1) is 6.04 Å². The van der Waals surface area contributed by atoms with E-state index in [1.165, 1.54) is 6.20 Å². The van der Waals surface area contributed by atoms with E-state index in [0.717, 1.165) is 0 Å². The van der Waals surface area contributed by atoms with Crippen LogP contribution in [-0.4, -0.2) is 27.9 Å². The number of carboxylic acid groups (broad SMARTS) is 1. The normalized spacial score (nSPS) is 12.1. The van der Waals surface area contributed by atoms with Crippen molar-refractivity contribution in [3.63, 3.8) is 0 Å². The summed E-state index contributed by atoms with van der Waals surface area (Å²) in [6, 6.07) is 2.79. The summed E-state index contributed by atoms with van der Waals surface area (Å²) in [5, 5.41) is 20.0. The number of nitrogens with one attached hydrogen (secondary N) is 1. The van der Waals surface area contributed by atoms with Crippen molar-refractivity contribution in [2.75, 3.05) is 6.61 Å². The van der Waals surface area contributed by atoms with Gasteiger partial charge in [0.2, 0.25) is 0 Å². The molecule has 0 bridgehead atoms. The first-order valence-corrected chi connectivity index (χ1v) is 4.73. The van der Waals surface area contributed by atoms with Crippen LogP contribution in [0.1, 0.15) is 18.0 Å². The number of aliphatic hydroxyl groups excluding tert-OH is 1. The van der Waals surface area contributed by atoms with Gasteiger partial charge in [-0.15, -0.1) is 0 Å². The third-order valence-corrected chi connectivity index (χ3v) is 2.09. The molecule has 0 aromatic carbocycles. The summed E-state index contributed by atoms with van der Waals surface area (Å²) >= 11 is 5.60. The van der Waals surface area contributed by atoms with E-state index in [2.05, 4.69) is 10.3 Å². The van der Waals surface area contributed by atoms with Crippen molar-refractivity contribution in [3.8, 4) is 0 Å². The molecule has 6 heteroatoms. The fraction of sp³-hybridized carbons (Fsp3) is 0.333. The minimum atomic E-state index is -1.14. The molecule has 1 aromatic heterocycles. The number of aliphatic hydroxyl groups is 1. The lowest BCUT2D eigenvalue weighted by Gasteiger charge is -2.15. The zero-order chi connectivity index (χ0) is 11.3. The summed E-state index contributed by atoms with van der Waals surface area (Å²) < 4.78 is 0. The summed E-state index contributed by atoms with van der Waals surface area (Å²) in [5.41, 5.74) is 0.677. The van der Waals surface area contributed by atoms with Gasteiger partial charge in [0.1, 0.15) is 5.15 Å². The average Bonchev–Trinajstić information content (AvgIpc) is 2.17. The van der Waals surface area contributed by atoms with Crippen molar-refractivity contribution in [2.45, 2.75) is 12.5 Å². The van der Waals surface area contributed by atoms with E-state index in [9.17, 15) is 4.79 Å². The van der Waals surface area contributed by atoms with E-state index in [4.69, 9.17) is 21.8 Å². The standard InChI is InChI=1S/C9H11ClN2O3/c10-8-2-1-6(5-11-8)7(3-4-13)12-9(14)15/h1-2,5,7,12-13H,3-4H2,(H,14,15). The fourth-order valence-corrected chi connectivity index (χ4v) is 1.31. The van der Waals surface area contributed by atoms with E-state index in [0.29, 0.717) is 17.1 Å². The van der Waals surface area contributed by atoms with E-state index >= 15 is 0 Å². The average molecular weight is 231 g/mol. The van der Waals surface area contributed by atoms with Crippen molar-refractivity contribution in [1.29, 1.82) is 0 Å². The van der Waals surface area contributed by atoms with Crippen LogP contribution in [-0.2, 0) is 0 Å². The summed E-state index contributed by atoms with van der Waals surface area (Å²) in [4.78, 5) is 14.3. The molecule has 0 fully saturated rings. The van der Waals surface area contributed by atoms with Gasteiger partial charge in [-0.2, -0.15) is 0 Å². The molecule has 15 heavy (non-hydrogen) atoms. The number of hydrogen-bond acceptors (Lipinski definition) is 3. The van der Waals surface area contributed by atoms with E-state index in [1.807, 2.05) is 0 Å². The Morgan fingerprint density at radius 2 is 2.33 bits per heavy atom. The zero-order valence-corrected chi connectivity index (χ0v) is 8.61. The molecule has 0 saturated carbocycles. The van der Waals surface area contributed by atoms with Crippen LogP contribution in [0.3, 0.4) is 0 Å². The molecule has 1 amide bonds. The number of amides is 1. The molecule has 3 N–H and O–H groups in total. The maximum Gasteiger partial charge on any atom is 0.405 e. The van der Waals surface area contributed by atoms with Gasteiger partial charge in [-0.25, -0.2) is 9.78 Å². The number of rotatable bonds is 4. The SMILES string of the molecule is O=C(O)NC(CCO)c1ccc(Cl)nc1. The van der Waals surface area contributed by atoms with E-state index in [-0.39, 0.29) is 6.61 Å². The molecule has 1 rings (SSSR count). The largest absolute Gasteiger partial charge is 0.465 e. The number of aromatic nitrogens is 1. The molecule has 0 aliphatic carbocycles. The van der Waals surface area contributed by atoms with Gasteiger partial charge in [-0.1, -0.05) is 17.7 Å². The second kappa shape index (κ2) is 5.53. The minimum absolute atomic E-state index is 0.104. The van der Waals surface area contributed by atoms with Gasteiger partial charge in [0.25, 0.3) is 0 Å². The maximum atomic E-state index is 10.5. The first-order chi connectivity index (χ1) is 7.13. The summed E-state index contributed by atoms with van der Waals surface area (Å²) in [6.45, 7) is -0.104. The van der Waals surface area contributed by atoms with Crippen LogP contribution in [0.4, 0.5) is 4.79 Å². The van der Waals surface area contributed by atoms with Crippen LogP contribution in [0.2, 0.25) is 5.15 Å². The van der Waals surface area contributed by atoms with Crippen molar-refractivity contribution < 1.29 is 15.0 Å². The summed E-state index contributed by atoms with van der Waals surface area (Å²) in [6.07, 6.45) is 0.650. The molecular weight excluding hydrogens is 220 g/mol. The van der Waals surface area contributed by atoms with Gasteiger partial charge < -0.3 is 15.5 Å². The Morgan fingerprint density at radius 1 is 1.60 bits per heavy atom. The van der Waals surface area contributed by atoms with Gasteiger partial charge in [-0.05, 0) is 18.1 Å².